The number of fused-ring (bicyclic) bond motifs is 1. The van der Waals surface area contributed by atoms with Crippen LogP contribution in [0.2, 0.25) is 5.02 Å². The van der Waals surface area contributed by atoms with Gasteiger partial charge in [-0.3, -0.25) is 0 Å². The van der Waals surface area contributed by atoms with E-state index in [1.807, 2.05) is 18.3 Å². The lowest BCUT2D eigenvalue weighted by Crippen LogP contribution is -1.88. The molecule has 0 saturated carbocycles. The monoisotopic (exact) mass is 182 g/mol. The number of hydrogen-bond donors (Lipinski definition) is 1. The molecule has 0 saturated heterocycles. The number of ether oxygens (including phenoxy) is 1. The minimum atomic E-state index is 0.451. The average Bonchev–Trinajstić information content (AvgIpc) is 2.49. The number of hydrogen-bond acceptors (Lipinski definition) is 2. The van der Waals surface area contributed by atoms with E-state index in [1.54, 1.807) is 7.11 Å². The van der Waals surface area contributed by atoms with E-state index in [0.717, 1.165) is 11.0 Å². The third-order valence-corrected chi connectivity index (χ3v) is 1.92. The zero-order valence-corrected chi connectivity index (χ0v) is 7.22. The van der Waals surface area contributed by atoms with Gasteiger partial charge in [0.15, 0.2) is 0 Å². The molecule has 12 heavy (non-hydrogen) atoms. The molecular formula is C8H7ClN2O. The molecule has 62 valence electrons. The molecule has 0 radical (unpaired) electrons. The van der Waals surface area contributed by atoms with Crippen LogP contribution < -0.4 is 4.74 Å². The third-order valence-electron chi connectivity index (χ3n) is 1.65. The normalized spacial score (nSPS) is 10.5. The van der Waals surface area contributed by atoms with Crippen LogP contribution in [0, 0.1) is 0 Å². The van der Waals surface area contributed by atoms with E-state index in [-0.39, 0.29) is 0 Å². The number of rotatable bonds is 1. The Morgan fingerprint density at radius 3 is 3.17 bits per heavy atom. The zero-order chi connectivity index (χ0) is 8.55. The molecule has 4 heteroatoms. The van der Waals surface area contributed by atoms with Gasteiger partial charge < -0.3 is 9.72 Å². The summed E-state index contributed by atoms with van der Waals surface area (Å²) in [7, 11) is 1.54. The van der Waals surface area contributed by atoms with Crippen LogP contribution >= 0.6 is 11.6 Å². The Balaban J connectivity index is 2.73. The molecule has 0 fully saturated rings. The lowest BCUT2D eigenvalue weighted by atomic mass is 10.3. The van der Waals surface area contributed by atoms with Gasteiger partial charge in [0.1, 0.15) is 10.7 Å². The van der Waals surface area contributed by atoms with Crippen molar-refractivity contribution in [3.05, 3.63) is 23.4 Å². The third kappa shape index (κ3) is 1.02. The van der Waals surface area contributed by atoms with E-state index in [1.165, 1.54) is 0 Å². The summed E-state index contributed by atoms with van der Waals surface area (Å²) in [6.07, 6.45) is 1.81. The molecule has 0 aliphatic heterocycles. The van der Waals surface area contributed by atoms with Gasteiger partial charge in [0.2, 0.25) is 5.88 Å². The zero-order valence-electron chi connectivity index (χ0n) is 6.47. The molecule has 3 nitrogen and oxygen atoms in total. The highest BCUT2D eigenvalue weighted by Crippen LogP contribution is 2.25. The average molecular weight is 183 g/mol. The van der Waals surface area contributed by atoms with Crippen molar-refractivity contribution in [2.24, 2.45) is 0 Å². The largest absolute Gasteiger partial charge is 0.480 e. The fraction of sp³-hybridized carbons (Fsp3) is 0.125. The standard InChI is InChI=1S/C8H7ClN2O/c1-12-8-6(9)4-5-2-3-10-7(5)11-8/h2-4H,1H3,(H,10,11). The van der Waals surface area contributed by atoms with Crippen LogP contribution in [-0.2, 0) is 0 Å². The molecule has 0 bridgehead atoms. The molecular weight excluding hydrogens is 176 g/mol. The summed E-state index contributed by atoms with van der Waals surface area (Å²) in [5.74, 6) is 0.451. The van der Waals surface area contributed by atoms with E-state index in [0.29, 0.717) is 10.9 Å². The molecule has 0 aliphatic rings. The minimum absolute atomic E-state index is 0.451. The fourth-order valence-electron chi connectivity index (χ4n) is 1.08. The van der Waals surface area contributed by atoms with Crippen molar-refractivity contribution in [2.45, 2.75) is 0 Å². The Kier molecular flexibility index (Phi) is 1.66. The molecule has 2 rings (SSSR count). The SMILES string of the molecule is COc1nc2[nH]ccc2cc1Cl. The van der Waals surface area contributed by atoms with Gasteiger partial charge in [-0.25, -0.2) is 0 Å². The quantitative estimate of drug-likeness (QED) is 0.735. The number of methoxy groups -OCH3 is 1. The maximum atomic E-state index is 5.86. The summed E-state index contributed by atoms with van der Waals surface area (Å²) in [6, 6.07) is 3.73. The molecule has 0 spiro atoms. The van der Waals surface area contributed by atoms with Gasteiger partial charge in [0.25, 0.3) is 0 Å². The van der Waals surface area contributed by atoms with Gasteiger partial charge in [-0.2, -0.15) is 4.98 Å². The van der Waals surface area contributed by atoms with Crippen LogP contribution in [0.25, 0.3) is 11.0 Å². The second kappa shape index (κ2) is 2.68. The second-order valence-corrected chi connectivity index (χ2v) is 2.80. The van der Waals surface area contributed by atoms with Gasteiger partial charge >= 0.3 is 0 Å². The van der Waals surface area contributed by atoms with Gasteiger partial charge in [-0.05, 0) is 12.1 Å². The van der Waals surface area contributed by atoms with Crippen molar-refractivity contribution >= 4 is 22.6 Å². The highest BCUT2D eigenvalue weighted by molar-refractivity contribution is 6.32. The number of halogens is 1. The number of aromatic nitrogens is 2. The summed E-state index contributed by atoms with van der Waals surface area (Å²) in [5.41, 5.74) is 0.788. The van der Waals surface area contributed by atoms with Crippen LogP contribution in [-0.4, -0.2) is 17.1 Å². The van der Waals surface area contributed by atoms with Crippen molar-refractivity contribution in [1.82, 2.24) is 9.97 Å². The smallest absolute Gasteiger partial charge is 0.234 e. The molecule has 1 N–H and O–H groups in total. The Morgan fingerprint density at radius 1 is 1.58 bits per heavy atom. The number of nitrogens with one attached hydrogen (secondary N) is 1. The van der Waals surface area contributed by atoms with Crippen LogP contribution in [0.5, 0.6) is 5.88 Å². The van der Waals surface area contributed by atoms with E-state index in [9.17, 15) is 0 Å². The molecule has 0 atom stereocenters. The predicted octanol–water partition coefficient (Wildman–Crippen LogP) is 2.22. The number of H-pyrrole nitrogens is 1. The lowest BCUT2D eigenvalue weighted by molar-refractivity contribution is 0.399. The van der Waals surface area contributed by atoms with Crippen molar-refractivity contribution in [2.75, 3.05) is 7.11 Å². The molecule has 0 amide bonds. The number of pyridine rings is 1. The van der Waals surface area contributed by atoms with Gasteiger partial charge in [-0.1, -0.05) is 11.6 Å². The summed E-state index contributed by atoms with van der Waals surface area (Å²) in [4.78, 5) is 7.12. The second-order valence-electron chi connectivity index (χ2n) is 2.39. The summed E-state index contributed by atoms with van der Waals surface area (Å²) in [6.45, 7) is 0. The first-order valence-corrected chi connectivity index (χ1v) is 3.86. The first-order chi connectivity index (χ1) is 5.81. The molecule has 2 aromatic rings. The number of nitrogens with zero attached hydrogens (tertiary/aromatic N) is 1. The Labute approximate surface area is 74.3 Å². The van der Waals surface area contributed by atoms with Gasteiger partial charge in [-0.15, -0.1) is 0 Å². The van der Waals surface area contributed by atoms with Crippen LogP contribution in [0.3, 0.4) is 0 Å². The highest BCUT2D eigenvalue weighted by Gasteiger charge is 2.04. The first kappa shape index (κ1) is 7.43. The Morgan fingerprint density at radius 2 is 2.42 bits per heavy atom. The number of aromatic amines is 1. The predicted molar refractivity (Wildman–Crippen MR) is 47.7 cm³/mol. The van der Waals surface area contributed by atoms with Crippen LogP contribution in [0.1, 0.15) is 0 Å². The summed E-state index contributed by atoms with van der Waals surface area (Å²) in [5, 5.41) is 1.52. The molecule has 0 aliphatic carbocycles. The van der Waals surface area contributed by atoms with Crippen molar-refractivity contribution < 1.29 is 4.74 Å². The molecule has 2 heterocycles. The maximum absolute atomic E-state index is 5.86. The molecule has 2 aromatic heterocycles. The molecule has 0 unspecified atom stereocenters. The molecule has 0 aromatic carbocycles. The van der Waals surface area contributed by atoms with Crippen molar-refractivity contribution in [3.63, 3.8) is 0 Å². The topological polar surface area (TPSA) is 37.9 Å². The summed E-state index contributed by atoms with van der Waals surface area (Å²) >= 11 is 5.86. The first-order valence-electron chi connectivity index (χ1n) is 3.49. The van der Waals surface area contributed by atoms with Gasteiger partial charge in [0.05, 0.1) is 7.11 Å². The van der Waals surface area contributed by atoms with Crippen molar-refractivity contribution in [3.8, 4) is 5.88 Å². The van der Waals surface area contributed by atoms with Gasteiger partial charge in [0, 0.05) is 11.6 Å². The Hall–Kier alpha value is -1.22. The fourth-order valence-corrected chi connectivity index (χ4v) is 1.32. The Bertz CT molecular complexity index is 410. The minimum Gasteiger partial charge on any atom is -0.480 e. The lowest BCUT2D eigenvalue weighted by Gasteiger charge is -2.00. The van der Waals surface area contributed by atoms with Crippen LogP contribution in [0.15, 0.2) is 18.3 Å². The van der Waals surface area contributed by atoms with E-state index < -0.39 is 0 Å². The summed E-state index contributed by atoms with van der Waals surface area (Å²) < 4.78 is 4.96. The highest BCUT2D eigenvalue weighted by atomic mass is 35.5. The van der Waals surface area contributed by atoms with Crippen molar-refractivity contribution in [1.29, 1.82) is 0 Å². The van der Waals surface area contributed by atoms with E-state index in [2.05, 4.69) is 9.97 Å². The van der Waals surface area contributed by atoms with E-state index in [4.69, 9.17) is 16.3 Å². The van der Waals surface area contributed by atoms with E-state index >= 15 is 0 Å². The van der Waals surface area contributed by atoms with Crippen LogP contribution in [0.4, 0.5) is 0 Å². The maximum Gasteiger partial charge on any atom is 0.234 e.